The van der Waals surface area contributed by atoms with E-state index in [1.54, 1.807) is 0 Å². The second-order valence-corrected chi connectivity index (χ2v) is 6.49. The molecule has 3 aromatic carbocycles. The van der Waals surface area contributed by atoms with Crippen LogP contribution in [0.4, 0.5) is 4.39 Å². The van der Waals surface area contributed by atoms with Crippen molar-refractivity contribution in [1.82, 2.24) is 10.2 Å². The van der Waals surface area contributed by atoms with Crippen LogP contribution in [0.25, 0.3) is 10.8 Å². The summed E-state index contributed by atoms with van der Waals surface area (Å²) in [6.07, 6.45) is -0.269. The third-order valence-corrected chi connectivity index (χ3v) is 4.57. The van der Waals surface area contributed by atoms with Crippen LogP contribution in [0, 0.1) is 5.82 Å². The van der Waals surface area contributed by atoms with Crippen LogP contribution < -0.4 is 11.1 Å². The highest BCUT2D eigenvalue weighted by atomic mass is 19.1. The molecule has 0 aliphatic rings. The van der Waals surface area contributed by atoms with E-state index in [4.69, 9.17) is 5.73 Å². The Morgan fingerprint density at radius 3 is 2.36 bits per heavy atom. The van der Waals surface area contributed by atoms with E-state index in [1.807, 2.05) is 44.4 Å². The Hall–Kier alpha value is -2.27. The van der Waals surface area contributed by atoms with E-state index in [9.17, 15) is 4.39 Å². The van der Waals surface area contributed by atoms with Gasteiger partial charge in [-0.3, -0.25) is 5.32 Å². The second-order valence-electron chi connectivity index (χ2n) is 6.49. The maximum Gasteiger partial charge on any atom is 0.123 e. The second kappa shape index (κ2) is 7.74. The van der Waals surface area contributed by atoms with Crippen LogP contribution in [-0.2, 0) is 0 Å². The Bertz CT molecular complexity index is 825. The fraction of sp³-hybridized carbons (Fsp3) is 0.238. The van der Waals surface area contributed by atoms with Gasteiger partial charge < -0.3 is 10.6 Å². The van der Waals surface area contributed by atoms with Crippen LogP contribution in [0.5, 0.6) is 0 Å². The molecule has 130 valence electrons. The Labute approximate surface area is 148 Å². The van der Waals surface area contributed by atoms with Crippen LogP contribution in [0.3, 0.4) is 0 Å². The van der Waals surface area contributed by atoms with Gasteiger partial charge in [-0.25, -0.2) is 4.39 Å². The summed E-state index contributed by atoms with van der Waals surface area (Å²) in [4.78, 5) is 2.11. The van der Waals surface area contributed by atoms with Crippen molar-refractivity contribution < 1.29 is 4.39 Å². The van der Waals surface area contributed by atoms with Gasteiger partial charge in [0.2, 0.25) is 0 Å². The summed E-state index contributed by atoms with van der Waals surface area (Å²) in [5.74, 6) is -0.221. The molecule has 0 radical (unpaired) electrons. The minimum atomic E-state index is -0.269. The van der Waals surface area contributed by atoms with Crippen molar-refractivity contribution in [3.8, 4) is 0 Å². The lowest BCUT2D eigenvalue weighted by molar-refractivity contribution is 0.280. The number of hydrogen-bond donors (Lipinski definition) is 2. The maximum atomic E-state index is 13.2. The number of fused-ring (bicyclic) bond motifs is 1. The molecule has 0 amide bonds. The van der Waals surface area contributed by atoms with Gasteiger partial charge in [-0.15, -0.1) is 0 Å². The third kappa shape index (κ3) is 4.04. The van der Waals surface area contributed by atoms with Gasteiger partial charge in [0.1, 0.15) is 5.82 Å². The lowest BCUT2D eigenvalue weighted by Gasteiger charge is -2.27. The largest absolute Gasteiger partial charge is 0.312 e. The molecule has 3 N–H and O–H groups in total. The van der Waals surface area contributed by atoms with E-state index in [1.165, 1.54) is 17.5 Å². The molecule has 2 atom stereocenters. The molecular weight excluding hydrogens is 313 g/mol. The van der Waals surface area contributed by atoms with E-state index in [0.717, 1.165) is 16.5 Å². The third-order valence-electron chi connectivity index (χ3n) is 4.57. The molecule has 0 aromatic heterocycles. The molecule has 0 bridgehead atoms. The number of nitrogens with two attached hydrogens (primary N) is 1. The quantitative estimate of drug-likeness (QED) is 0.672. The highest BCUT2D eigenvalue weighted by Gasteiger charge is 2.16. The van der Waals surface area contributed by atoms with Gasteiger partial charge in [0.05, 0.1) is 6.17 Å². The molecule has 3 nitrogen and oxygen atoms in total. The molecule has 2 unspecified atom stereocenters. The van der Waals surface area contributed by atoms with Crippen LogP contribution in [0.1, 0.15) is 23.3 Å². The van der Waals surface area contributed by atoms with E-state index in [-0.39, 0.29) is 18.0 Å². The van der Waals surface area contributed by atoms with Gasteiger partial charge in [0.25, 0.3) is 0 Å². The normalized spacial score (nSPS) is 14.0. The predicted octanol–water partition coefficient (Wildman–Crippen LogP) is 3.83. The zero-order valence-corrected chi connectivity index (χ0v) is 14.6. The summed E-state index contributed by atoms with van der Waals surface area (Å²) in [5.41, 5.74) is 8.56. The van der Waals surface area contributed by atoms with Gasteiger partial charge in [0.15, 0.2) is 0 Å². The van der Waals surface area contributed by atoms with Gasteiger partial charge in [-0.2, -0.15) is 0 Å². The standard InChI is InChI=1S/C21H24FN3/c1-25(2)20(16-10-12-17(22)13-11-16)14-24-21(23)19-9-5-7-15-6-3-4-8-18(15)19/h3-13,20-21,24H,14,23H2,1-2H3. The Kier molecular flexibility index (Phi) is 5.43. The van der Waals surface area contributed by atoms with E-state index in [2.05, 4.69) is 34.5 Å². The van der Waals surface area contributed by atoms with Crippen molar-refractivity contribution in [3.63, 3.8) is 0 Å². The minimum absolute atomic E-state index is 0.113. The molecule has 0 saturated carbocycles. The number of nitrogens with zero attached hydrogens (tertiary/aromatic N) is 1. The predicted molar refractivity (Wildman–Crippen MR) is 102 cm³/mol. The number of likely N-dealkylation sites (N-methyl/N-ethyl adjacent to an activating group) is 1. The smallest absolute Gasteiger partial charge is 0.123 e. The highest BCUT2D eigenvalue weighted by Crippen LogP contribution is 2.23. The van der Waals surface area contributed by atoms with Crippen molar-refractivity contribution in [1.29, 1.82) is 0 Å². The number of rotatable bonds is 6. The molecule has 3 rings (SSSR count). The van der Waals surface area contributed by atoms with Gasteiger partial charge in [0, 0.05) is 12.6 Å². The number of benzene rings is 3. The van der Waals surface area contributed by atoms with Crippen molar-refractivity contribution in [2.45, 2.75) is 12.2 Å². The summed E-state index contributed by atoms with van der Waals surface area (Å²) in [6, 6.07) is 21.2. The first kappa shape index (κ1) is 17.5. The van der Waals surface area contributed by atoms with Crippen LogP contribution in [-0.4, -0.2) is 25.5 Å². The van der Waals surface area contributed by atoms with E-state index < -0.39 is 0 Å². The molecular formula is C21H24FN3. The topological polar surface area (TPSA) is 41.3 Å². The molecule has 0 fully saturated rings. The van der Waals surface area contributed by atoms with E-state index >= 15 is 0 Å². The summed E-state index contributed by atoms with van der Waals surface area (Å²) in [5, 5.41) is 5.77. The lowest BCUT2D eigenvalue weighted by Crippen LogP contribution is -2.36. The summed E-state index contributed by atoms with van der Waals surface area (Å²) in [7, 11) is 4.03. The zero-order valence-electron chi connectivity index (χ0n) is 14.6. The first-order chi connectivity index (χ1) is 12.1. The van der Waals surface area contributed by atoms with Crippen LogP contribution in [0.15, 0.2) is 66.7 Å². The SMILES string of the molecule is CN(C)C(CNC(N)c1cccc2ccccc12)c1ccc(F)cc1. The average Bonchev–Trinajstić information content (AvgIpc) is 2.62. The molecule has 0 aliphatic heterocycles. The van der Waals surface area contributed by atoms with Gasteiger partial charge in [-0.05, 0) is 48.1 Å². The Morgan fingerprint density at radius 2 is 1.64 bits per heavy atom. The van der Waals surface area contributed by atoms with E-state index in [0.29, 0.717) is 6.54 Å². The highest BCUT2D eigenvalue weighted by molar-refractivity contribution is 5.86. The van der Waals surface area contributed by atoms with Crippen molar-refractivity contribution in [2.75, 3.05) is 20.6 Å². The number of hydrogen-bond acceptors (Lipinski definition) is 3. The van der Waals surface area contributed by atoms with Crippen molar-refractivity contribution >= 4 is 10.8 Å². The molecule has 0 spiro atoms. The van der Waals surface area contributed by atoms with Gasteiger partial charge in [-0.1, -0.05) is 54.6 Å². The molecule has 25 heavy (non-hydrogen) atoms. The Balaban J connectivity index is 1.77. The average molecular weight is 337 g/mol. The Morgan fingerprint density at radius 1 is 0.960 bits per heavy atom. The van der Waals surface area contributed by atoms with Crippen LogP contribution >= 0.6 is 0 Å². The summed E-state index contributed by atoms with van der Waals surface area (Å²) in [6.45, 7) is 0.670. The summed E-state index contributed by atoms with van der Waals surface area (Å²) >= 11 is 0. The number of halogens is 1. The first-order valence-corrected chi connectivity index (χ1v) is 8.45. The van der Waals surface area contributed by atoms with Crippen molar-refractivity contribution in [2.24, 2.45) is 5.73 Å². The monoisotopic (exact) mass is 337 g/mol. The summed E-state index contributed by atoms with van der Waals surface area (Å²) < 4.78 is 13.2. The fourth-order valence-corrected chi connectivity index (χ4v) is 3.15. The molecule has 3 aromatic rings. The fourth-order valence-electron chi connectivity index (χ4n) is 3.15. The molecule has 4 heteroatoms. The lowest BCUT2D eigenvalue weighted by atomic mass is 10.0. The van der Waals surface area contributed by atoms with Crippen molar-refractivity contribution in [3.05, 3.63) is 83.7 Å². The molecule has 0 saturated heterocycles. The first-order valence-electron chi connectivity index (χ1n) is 8.45. The van der Waals surface area contributed by atoms with Crippen LogP contribution in [0.2, 0.25) is 0 Å². The maximum absolute atomic E-state index is 13.2. The molecule has 0 heterocycles. The minimum Gasteiger partial charge on any atom is -0.312 e. The number of nitrogens with one attached hydrogen (secondary N) is 1. The van der Waals surface area contributed by atoms with Gasteiger partial charge >= 0.3 is 0 Å². The molecule has 0 aliphatic carbocycles. The zero-order chi connectivity index (χ0) is 17.8.